The third-order valence-electron chi connectivity index (χ3n) is 5.75. The van der Waals surface area contributed by atoms with Gasteiger partial charge in [-0.1, -0.05) is 24.9 Å². The van der Waals surface area contributed by atoms with Gasteiger partial charge in [0.25, 0.3) is 0 Å². The summed E-state index contributed by atoms with van der Waals surface area (Å²) in [6.45, 7) is 1.18. The van der Waals surface area contributed by atoms with Crippen molar-refractivity contribution in [3.63, 3.8) is 0 Å². The van der Waals surface area contributed by atoms with E-state index >= 15 is 0 Å². The van der Waals surface area contributed by atoms with Crippen LogP contribution in [0.5, 0.6) is 17.2 Å². The molecule has 0 spiro atoms. The molecular formula is C26H25ClF2N4O7. The molecule has 0 saturated carbocycles. The summed E-state index contributed by atoms with van der Waals surface area (Å²) in [4.78, 5) is 36.3. The largest absolute Gasteiger partial charge is 0.496 e. The molecule has 4 aromatic rings. The van der Waals surface area contributed by atoms with Crippen molar-refractivity contribution in [1.29, 1.82) is 0 Å². The molecule has 0 unspecified atom stereocenters. The molecule has 40 heavy (non-hydrogen) atoms. The first kappa shape index (κ1) is 28.8. The van der Waals surface area contributed by atoms with Crippen molar-refractivity contribution < 1.29 is 37.6 Å². The lowest BCUT2D eigenvalue weighted by Crippen LogP contribution is -2.16. The Morgan fingerprint density at radius 2 is 1.90 bits per heavy atom. The Kier molecular flexibility index (Phi) is 9.17. The van der Waals surface area contributed by atoms with E-state index in [1.54, 1.807) is 0 Å². The van der Waals surface area contributed by atoms with Gasteiger partial charge in [0.15, 0.2) is 34.5 Å². The molecule has 2 heterocycles. The first-order valence-electron chi connectivity index (χ1n) is 12.1. The summed E-state index contributed by atoms with van der Waals surface area (Å²) in [5.74, 6) is -2.90. The van der Waals surface area contributed by atoms with E-state index in [-0.39, 0.29) is 70.2 Å². The maximum absolute atomic E-state index is 14.5. The Bertz CT molecular complexity index is 1590. The van der Waals surface area contributed by atoms with Gasteiger partial charge in [0.2, 0.25) is 0 Å². The van der Waals surface area contributed by atoms with Gasteiger partial charge in [-0.3, -0.25) is 0 Å². The van der Waals surface area contributed by atoms with Crippen molar-refractivity contribution in [2.75, 3.05) is 26.9 Å². The number of esters is 1. The number of fused-ring (bicyclic) bond motifs is 1. The number of carbonyl (C=O) groups is 1. The molecule has 0 amide bonds. The topological polar surface area (TPSA) is 138 Å². The summed E-state index contributed by atoms with van der Waals surface area (Å²) in [5, 5.41) is 9.24. The highest BCUT2D eigenvalue weighted by Crippen LogP contribution is 2.37. The summed E-state index contributed by atoms with van der Waals surface area (Å²) >= 11 is 6.51. The van der Waals surface area contributed by atoms with Crippen LogP contribution < -0.4 is 19.9 Å². The zero-order valence-electron chi connectivity index (χ0n) is 21.5. The van der Waals surface area contributed by atoms with Gasteiger partial charge in [-0.25, -0.2) is 32.9 Å². The minimum absolute atomic E-state index is 0.0171. The lowest BCUT2D eigenvalue weighted by atomic mass is 10.2. The number of nitrogens with zero attached hydrogens (tertiary/aromatic N) is 3. The fourth-order valence-electron chi connectivity index (χ4n) is 3.80. The van der Waals surface area contributed by atoms with Crippen molar-refractivity contribution in [2.45, 2.75) is 26.4 Å². The van der Waals surface area contributed by atoms with Crippen LogP contribution in [0.1, 0.15) is 35.8 Å². The quantitative estimate of drug-likeness (QED) is 0.189. The zero-order chi connectivity index (χ0) is 28.8. The smallest absolute Gasteiger partial charge is 0.359 e. The fourth-order valence-corrected chi connectivity index (χ4v) is 4.04. The minimum atomic E-state index is -1.16. The van der Waals surface area contributed by atoms with Crippen molar-refractivity contribution in [3.8, 4) is 22.9 Å². The molecule has 2 aromatic carbocycles. The van der Waals surface area contributed by atoms with E-state index in [0.717, 1.165) is 23.4 Å². The fraction of sp³-hybridized carbons (Fsp3) is 0.308. The number of hydrogen-bond donors (Lipinski definition) is 2. The maximum atomic E-state index is 14.5. The molecular weight excluding hydrogens is 554 g/mol. The second kappa shape index (κ2) is 12.7. The van der Waals surface area contributed by atoms with Gasteiger partial charge in [0.05, 0.1) is 36.6 Å². The zero-order valence-corrected chi connectivity index (χ0v) is 22.3. The van der Waals surface area contributed by atoms with E-state index in [1.807, 2.05) is 6.92 Å². The monoisotopic (exact) mass is 578 g/mol. The molecule has 0 aliphatic heterocycles. The molecule has 4 rings (SSSR count). The number of ether oxygens (including phenoxy) is 4. The standard InChI is InChI=1S/C26H25ClF2N4O7/c1-3-4-8-39-25(35)23-22-24(31-13-30-23)33(26(36)32-22)17-11-20(19(10-15(17)27)38-9-7-34)40-12-14-18(37-2)6-5-16(28)21(14)29/h5-6,10-11,13,34H,3-4,7-9,12H2,1-2H3,(H,32,36). The Morgan fingerprint density at radius 3 is 2.62 bits per heavy atom. The Hall–Kier alpha value is -4.23. The number of nitrogens with one attached hydrogen (secondary N) is 1. The number of carbonyl (C=O) groups excluding carboxylic acids is 1. The summed E-state index contributed by atoms with van der Waals surface area (Å²) < 4.78 is 51.2. The highest BCUT2D eigenvalue weighted by Gasteiger charge is 2.23. The van der Waals surface area contributed by atoms with Gasteiger partial charge >= 0.3 is 11.7 Å². The molecule has 0 radical (unpaired) electrons. The Labute approximate surface area is 231 Å². The lowest BCUT2D eigenvalue weighted by molar-refractivity contribution is 0.0495. The average molecular weight is 579 g/mol. The number of unbranched alkanes of at least 4 members (excludes halogenated alkanes) is 1. The van der Waals surface area contributed by atoms with Gasteiger partial charge in [-0.15, -0.1) is 0 Å². The number of aromatic amines is 1. The van der Waals surface area contributed by atoms with Crippen LogP contribution in [0, 0.1) is 11.6 Å². The van der Waals surface area contributed by atoms with Crippen molar-refractivity contribution in [2.24, 2.45) is 0 Å². The summed E-state index contributed by atoms with van der Waals surface area (Å²) in [6, 6.07) is 4.83. The molecule has 0 aliphatic rings. The SMILES string of the molecule is CCCCOC(=O)c1ncnc2c1[nH]c(=O)n2-c1cc(OCc2c(OC)ccc(F)c2F)c(OCCO)cc1Cl. The van der Waals surface area contributed by atoms with Gasteiger partial charge in [0.1, 0.15) is 30.8 Å². The third-order valence-corrected chi connectivity index (χ3v) is 6.05. The first-order chi connectivity index (χ1) is 19.3. The molecule has 2 N–H and O–H groups in total. The predicted octanol–water partition coefficient (Wildman–Crippen LogP) is 3.96. The van der Waals surface area contributed by atoms with Crippen LogP contribution >= 0.6 is 11.6 Å². The molecule has 11 nitrogen and oxygen atoms in total. The number of aliphatic hydroxyl groups excluding tert-OH is 1. The van der Waals surface area contributed by atoms with Crippen LogP contribution in [0.3, 0.4) is 0 Å². The predicted molar refractivity (Wildman–Crippen MR) is 140 cm³/mol. The number of halogens is 3. The third kappa shape index (κ3) is 5.84. The normalized spacial score (nSPS) is 11.1. The molecule has 0 fully saturated rings. The van der Waals surface area contributed by atoms with Gasteiger partial charge in [-0.2, -0.15) is 0 Å². The molecule has 14 heteroatoms. The molecule has 212 valence electrons. The molecule has 0 saturated heterocycles. The van der Waals surface area contributed by atoms with Crippen molar-refractivity contribution >= 4 is 28.7 Å². The van der Waals surface area contributed by atoms with E-state index in [4.69, 9.17) is 30.5 Å². The van der Waals surface area contributed by atoms with E-state index in [2.05, 4.69) is 15.0 Å². The highest BCUT2D eigenvalue weighted by molar-refractivity contribution is 6.32. The number of aromatic nitrogens is 4. The van der Waals surface area contributed by atoms with E-state index < -0.39 is 29.9 Å². The first-order valence-corrected chi connectivity index (χ1v) is 12.5. The molecule has 2 aromatic heterocycles. The van der Waals surface area contributed by atoms with Crippen LogP contribution in [-0.2, 0) is 11.3 Å². The number of rotatable bonds is 12. The van der Waals surface area contributed by atoms with E-state index in [0.29, 0.717) is 6.42 Å². The lowest BCUT2D eigenvalue weighted by Gasteiger charge is -2.17. The minimum Gasteiger partial charge on any atom is -0.496 e. The average Bonchev–Trinajstić information content (AvgIpc) is 3.28. The summed E-state index contributed by atoms with van der Waals surface area (Å²) in [7, 11) is 1.30. The van der Waals surface area contributed by atoms with Crippen molar-refractivity contribution in [1.82, 2.24) is 19.5 Å². The number of benzene rings is 2. The van der Waals surface area contributed by atoms with Gasteiger partial charge in [0, 0.05) is 12.1 Å². The number of hydrogen-bond acceptors (Lipinski definition) is 9. The van der Waals surface area contributed by atoms with Crippen LogP contribution in [0.25, 0.3) is 16.9 Å². The van der Waals surface area contributed by atoms with Crippen LogP contribution in [0.15, 0.2) is 35.4 Å². The second-order valence-corrected chi connectivity index (χ2v) is 8.74. The summed E-state index contributed by atoms with van der Waals surface area (Å²) in [6.07, 6.45) is 2.58. The van der Waals surface area contributed by atoms with Gasteiger partial charge in [-0.05, 0) is 18.6 Å². The maximum Gasteiger partial charge on any atom is 0.359 e. The molecule has 0 atom stereocenters. The van der Waals surface area contributed by atoms with Crippen LogP contribution in [-0.4, -0.2) is 57.5 Å². The van der Waals surface area contributed by atoms with Crippen molar-refractivity contribution in [3.05, 3.63) is 69.0 Å². The number of imidazole rings is 1. The Balaban J connectivity index is 1.78. The summed E-state index contributed by atoms with van der Waals surface area (Å²) in [5.41, 5.74) is -0.916. The second-order valence-electron chi connectivity index (χ2n) is 8.33. The molecule has 0 aliphatic carbocycles. The number of aliphatic hydroxyl groups is 1. The number of methoxy groups -OCH3 is 1. The Morgan fingerprint density at radius 1 is 1.12 bits per heavy atom. The number of H-pyrrole nitrogens is 1. The van der Waals surface area contributed by atoms with Gasteiger partial charge < -0.3 is 29.0 Å². The van der Waals surface area contributed by atoms with Crippen LogP contribution in [0.4, 0.5) is 8.78 Å². The van der Waals surface area contributed by atoms with E-state index in [1.165, 1.54) is 25.3 Å². The molecule has 0 bridgehead atoms. The highest BCUT2D eigenvalue weighted by atomic mass is 35.5. The van der Waals surface area contributed by atoms with Crippen LogP contribution in [0.2, 0.25) is 5.02 Å². The van der Waals surface area contributed by atoms with E-state index in [9.17, 15) is 23.5 Å².